The number of halogens is 3. The molecule has 0 unspecified atom stereocenters. The maximum absolute atomic E-state index is 13.0. The molecule has 16 heavy (non-hydrogen) atoms. The van der Waals surface area contributed by atoms with Gasteiger partial charge in [-0.2, -0.15) is 10.5 Å². The lowest BCUT2D eigenvalue weighted by Gasteiger charge is -2.03. The first kappa shape index (κ1) is 11.6. The molecule has 1 N–H and O–H groups in total. The predicted octanol–water partition coefficient (Wildman–Crippen LogP) is 2.45. The van der Waals surface area contributed by atoms with E-state index in [0.717, 1.165) is 6.20 Å². The van der Waals surface area contributed by atoms with Crippen molar-refractivity contribution >= 4 is 5.69 Å². The van der Waals surface area contributed by atoms with E-state index < -0.39 is 17.5 Å². The van der Waals surface area contributed by atoms with E-state index in [1.54, 1.807) is 0 Å². The number of benzene rings is 1. The second-order valence-corrected chi connectivity index (χ2v) is 2.67. The molecule has 0 aliphatic carbocycles. The molecule has 0 fully saturated rings. The van der Waals surface area contributed by atoms with Crippen molar-refractivity contribution in [2.45, 2.75) is 0 Å². The number of hydrogen-bond donors (Lipinski definition) is 1. The Morgan fingerprint density at radius 2 is 1.62 bits per heavy atom. The van der Waals surface area contributed by atoms with Crippen LogP contribution < -0.4 is 5.32 Å². The Morgan fingerprint density at radius 1 is 1.06 bits per heavy atom. The molecule has 0 atom stereocenters. The van der Waals surface area contributed by atoms with Crippen molar-refractivity contribution in [3.63, 3.8) is 0 Å². The topological polar surface area (TPSA) is 59.6 Å². The van der Waals surface area contributed by atoms with Crippen LogP contribution in [0.4, 0.5) is 18.9 Å². The van der Waals surface area contributed by atoms with Crippen LogP contribution in [0.1, 0.15) is 0 Å². The van der Waals surface area contributed by atoms with Crippen LogP contribution >= 0.6 is 0 Å². The van der Waals surface area contributed by atoms with Crippen LogP contribution in [0.25, 0.3) is 0 Å². The van der Waals surface area contributed by atoms with Gasteiger partial charge in [0.05, 0.1) is 5.69 Å². The Kier molecular flexibility index (Phi) is 3.52. The highest BCUT2D eigenvalue weighted by Gasteiger charge is 2.08. The van der Waals surface area contributed by atoms with Gasteiger partial charge >= 0.3 is 0 Å². The van der Waals surface area contributed by atoms with E-state index in [2.05, 4.69) is 5.32 Å². The molecule has 6 heteroatoms. The smallest absolute Gasteiger partial charge is 0.161 e. The minimum absolute atomic E-state index is 0.316. The predicted molar refractivity (Wildman–Crippen MR) is 49.2 cm³/mol. The molecule has 0 bridgehead atoms. The van der Waals surface area contributed by atoms with Gasteiger partial charge in [0.2, 0.25) is 0 Å². The normalized spacial score (nSPS) is 8.81. The van der Waals surface area contributed by atoms with Crippen LogP contribution in [0.5, 0.6) is 0 Å². The van der Waals surface area contributed by atoms with Crippen molar-refractivity contribution < 1.29 is 13.2 Å². The summed E-state index contributed by atoms with van der Waals surface area (Å²) in [7, 11) is 0. The van der Waals surface area contributed by atoms with Crippen LogP contribution in [-0.4, -0.2) is 0 Å². The van der Waals surface area contributed by atoms with Crippen molar-refractivity contribution in [3.8, 4) is 12.1 Å². The minimum atomic E-state index is -1.31. The molecule has 3 nitrogen and oxygen atoms in total. The number of allylic oxidation sites excluding steroid dienone is 1. The lowest BCUT2D eigenvalue weighted by atomic mass is 10.2. The summed E-state index contributed by atoms with van der Waals surface area (Å²) in [4.78, 5) is 0. The number of hydrogen-bond acceptors (Lipinski definition) is 3. The van der Waals surface area contributed by atoms with Crippen molar-refractivity contribution in [1.29, 1.82) is 10.5 Å². The highest BCUT2D eigenvalue weighted by Crippen LogP contribution is 2.18. The first-order valence-electron chi connectivity index (χ1n) is 4.00. The second-order valence-electron chi connectivity index (χ2n) is 2.67. The summed E-state index contributed by atoms with van der Waals surface area (Å²) >= 11 is 0. The first-order chi connectivity index (χ1) is 7.58. The fraction of sp³-hybridized carbons (Fsp3) is 0. The molecular weight excluding hydrogens is 219 g/mol. The summed E-state index contributed by atoms with van der Waals surface area (Å²) in [5.41, 5.74) is -0.675. The third-order valence-corrected chi connectivity index (χ3v) is 1.62. The van der Waals surface area contributed by atoms with Crippen LogP contribution in [0.3, 0.4) is 0 Å². The third kappa shape index (κ3) is 2.52. The van der Waals surface area contributed by atoms with Crippen LogP contribution in [0.2, 0.25) is 0 Å². The molecule has 0 aromatic heterocycles. The molecule has 0 spiro atoms. The van der Waals surface area contributed by atoms with Crippen LogP contribution in [-0.2, 0) is 0 Å². The number of nitrogens with one attached hydrogen (secondary N) is 1. The van der Waals surface area contributed by atoms with E-state index in [9.17, 15) is 13.2 Å². The van der Waals surface area contributed by atoms with Gasteiger partial charge in [0.15, 0.2) is 11.6 Å². The lowest BCUT2D eigenvalue weighted by molar-refractivity contribution is 0.496. The van der Waals surface area contributed by atoms with Crippen molar-refractivity contribution in [2.75, 3.05) is 5.32 Å². The average Bonchev–Trinajstić information content (AvgIpc) is 2.26. The number of rotatable bonds is 2. The Bertz CT molecular complexity index is 507. The molecule has 0 amide bonds. The molecule has 1 aromatic rings. The van der Waals surface area contributed by atoms with E-state index in [0.29, 0.717) is 12.1 Å². The molecule has 0 radical (unpaired) electrons. The number of nitriles is 2. The molecule has 0 saturated heterocycles. The molecule has 1 rings (SSSR count). The fourth-order valence-electron chi connectivity index (χ4n) is 0.873. The molecule has 0 aliphatic heterocycles. The van der Waals surface area contributed by atoms with Gasteiger partial charge in [-0.1, -0.05) is 0 Å². The Morgan fingerprint density at radius 3 is 2.19 bits per heavy atom. The maximum Gasteiger partial charge on any atom is 0.161 e. The van der Waals surface area contributed by atoms with Crippen LogP contribution in [0.15, 0.2) is 23.9 Å². The summed E-state index contributed by atoms with van der Waals surface area (Å²) in [6, 6.07) is 3.99. The van der Waals surface area contributed by atoms with E-state index >= 15 is 0 Å². The highest BCUT2D eigenvalue weighted by atomic mass is 19.2. The quantitative estimate of drug-likeness (QED) is 0.618. The molecule has 1 aromatic carbocycles. The highest BCUT2D eigenvalue weighted by molar-refractivity contribution is 5.50. The van der Waals surface area contributed by atoms with Crippen molar-refractivity contribution in [3.05, 3.63) is 41.4 Å². The standard InChI is InChI=1S/C10H4F3N3/c11-7-1-9(13)10(2-8(7)12)16-5-6(3-14)4-15/h1-2,5,16H. The summed E-state index contributed by atoms with van der Waals surface area (Å²) in [6.07, 6.45) is 0.899. The number of nitrogens with zero attached hydrogens (tertiary/aromatic N) is 2. The second kappa shape index (κ2) is 4.85. The van der Waals surface area contributed by atoms with Gasteiger partial charge in [-0.05, 0) is 0 Å². The van der Waals surface area contributed by atoms with Gasteiger partial charge in [0.1, 0.15) is 23.5 Å². The van der Waals surface area contributed by atoms with Gasteiger partial charge in [0, 0.05) is 18.3 Å². The van der Waals surface area contributed by atoms with Gasteiger partial charge in [-0.15, -0.1) is 0 Å². The van der Waals surface area contributed by atoms with Gasteiger partial charge in [-0.3, -0.25) is 0 Å². The van der Waals surface area contributed by atoms with E-state index in [1.807, 2.05) is 0 Å². The summed E-state index contributed by atoms with van der Waals surface area (Å²) in [5.74, 6) is -3.56. The van der Waals surface area contributed by atoms with E-state index in [-0.39, 0.29) is 11.3 Å². The van der Waals surface area contributed by atoms with Crippen molar-refractivity contribution in [1.82, 2.24) is 0 Å². The SMILES string of the molecule is N#CC(C#N)=CNc1cc(F)c(F)cc1F. The Hall–Kier alpha value is -2.47. The lowest BCUT2D eigenvalue weighted by Crippen LogP contribution is -1.96. The summed E-state index contributed by atoms with van der Waals surface area (Å²) in [5, 5.41) is 18.9. The Balaban J connectivity index is 3.01. The zero-order valence-corrected chi connectivity index (χ0v) is 7.76. The van der Waals surface area contributed by atoms with Gasteiger partial charge in [0.25, 0.3) is 0 Å². The van der Waals surface area contributed by atoms with Gasteiger partial charge < -0.3 is 5.32 Å². The molecule has 0 saturated carbocycles. The monoisotopic (exact) mass is 223 g/mol. The molecule has 0 heterocycles. The number of anilines is 1. The average molecular weight is 223 g/mol. The fourth-order valence-corrected chi connectivity index (χ4v) is 0.873. The zero-order valence-electron chi connectivity index (χ0n) is 7.76. The molecule has 80 valence electrons. The first-order valence-corrected chi connectivity index (χ1v) is 4.00. The summed E-state index contributed by atoms with van der Waals surface area (Å²) < 4.78 is 38.3. The van der Waals surface area contributed by atoms with Gasteiger partial charge in [-0.25, -0.2) is 13.2 Å². The molecule has 0 aliphatic rings. The maximum atomic E-state index is 13.0. The Labute approximate surface area is 89.0 Å². The van der Waals surface area contributed by atoms with Crippen molar-refractivity contribution in [2.24, 2.45) is 0 Å². The summed E-state index contributed by atoms with van der Waals surface area (Å²) in [6.45, 7) is 0. The minimum Gasteiger partial charge on any atom is -0.357 e. The zero-order chi connectivity index (χ0) is 12.1. The molecular formula is C10H4F3N3. The third-order valence-electron chi connectivity index (χ3n) is 1.62. The van der Waals surface area contributed by atoms with Crippen LogP contribution in [0, 0.1) is 40.1 Å². The largest absolute Gasteiger partial charge is 0.357 e. The van der Waals surface area contributed by atoms with E-state index in [4.69, 9.17) is 10.5 Å². The van der Waals surface area contributed by atoms with E-state index in [1.165, 1.54) is 12.1 Å².